The van der Waals surface area contributed by atoms with Crippen LogP contribution in [0.2, 0.25) is 0 Å². The van der Waals surface area contributed by atoms with Gasteiger partial charge in [-0.25, -0.2) is 0 Å². The standard InChI is InChI=1S/C19H23N5O2/c25-18(11-15-6-1-2-7-20-15)21-12-16-10-17-13-23(8-9-24(17)22-16)19(26)14-4-3-5-14/h1-2,6-7,10,14H,3-5,8-9,11-13H2,(H,21,25). The maximum absolute atomic E-state index is 12.4. The molecular formula is C19H23N5O2. The Morgan fingerprint density at radius 2 is 2.08 bits per heavy atom. The highest BCUT2D eigenvalue weighted by atomic mass is 16.2. The lowest BCUT2D eigenvalue weighted by molar-refractivity contribution is -0.139. The van der Waals surface area contributed by atoms with Gasteiger partial charge in [0.25, 0.3) is 0 Å². The summed E-state index contributed by atoms with van der Waals surface area (Å²) in [5.41, 5.74) is 2.62. The Bertz CT molecular complexity index is 798. The number of amides is 2. The van der Waals surface area contributed by atoms with Crippen LogP contribution in [0.3, 0.4) is 0 Å². The van der Waals surface area contributed by atoms with E-state index < -0.39 is 0 Å². The molecular weight excluding hydrogens is 330 g/mol. The molecule has 0 unspecified atom stereocenters. The van der Waals surface area contributed by atoms with E-state index in [1.165, 1.54) is 6.42 Å². The zero-order valence-corrected chi connectivity index (χ0v) is 14.7. The molecule has 1 aliphatic heterocycles. The third-order valence-corrected chi connectivity index (χ3v) is 5.15. The number of aromatic nitrogens is 3. The van der Waals surface area contributed by atoms with Crippen LogP contribution in [0.5, 0.6) is 0 Å². The molecule has 4 rings (SSSR count). The SMILES string of the molecule is O=C(Cc1ccccn1)NCc1cc2n(n1)CCN(C(=O)C1CCC1)C2. The molecule has 3 heterocycles. The number of hydrogen-bond donors (Lipinski definition) is 1. The molecule has 0 aromatic carbocycles. The molecule has 7 heteroatoms. The molecule has 0 saturated heterocycles. The van der Waals surface area contributed by atoms with Gasteiger partial charge in [0.15, 0.2) is 0 Å². The second kappa shape index (κ2) is 7.27. The Morgan fingerprint density at radius 1 is 1.19 bits per heavy atom. The summed E-state index contributed by atoms with van der Waals surface area (Å²) in [4.78, 5) is 30.6. The van der Waals surface area contributed by atoms with Crippen molar-refractivity contribution in [2.75, 3.05) is 6.54 Å². The predicted molar refractivity (Wildman–Crippen MR) is 94.8 cm³/mol. The summed E-state index contributed by atoms with van der Waals surface area (Å²) in [5.74, 6) is 0.445. The van der Waals surface area contributed by atoms with E-state index in [1.54, 1.807) is 6.20 Å². The van der Waals surface area contributed by atoms with E-state index in [9.17, 15) is 9.59 Å². The van der Waals surface area contributed by atoms with Crippen LogP contribution in [-0.2, 0) is 35.6 Å². The van der Waals surface area contributed by atoms with Crippen LogP contribution in [0, 0.1) is 5.92 Å². The highest BCUT2D eigenvalue weighted by Crippen LogP contribution is 2.29. The highest BCUT2D eigenvalue weighted by molar-refractivity contribution is 5.79. The van der Waals surface area contributed by atoms with Crippen LogP contribution in [0.15, 0.2) is 30.5 Å². The quantitative estimate of drug-likeness (QED) is 0.878. The Morgan fingerprint density at radius 3 is 2.81 bits per heavy atom. The lowest BCUT2D eigenvalue weighted by atomic mass is 9.84. The molecule has 1 aliphatic carbocycles. The lowest BCUT2D eigenvalue weighted by Crippen LogP contribution is -2.43. The largest absolute Gasteiger partial charge is 0.350 e. The fourth-order valence-electron chi connectivity index (χ4n) is 3.43. The van der Waals surface area contributed by atoms with Crippen molar-refractivity contribution in [1.82, 2.24) is 25.0 Å². The van der Waals surface area contributed by atoms with E-state index in [0.29, 0.717) is 13.1 Å². The third kappa shape index (κ3) is 3.61. The van der Waals surface area contributed by atoms with Crippen LogP contribution < -0.4 is 5.32 Å². The number of hydrogen-bond acceptors (Lipinski definition) is 4. The number of rotatable bonds is 5. The van der Waals surface area contributed by atoms with E-state index in [0.717, 1.165) is 43.0 Å². The minimum atomic E-state index is -0.0727. The number of fused-ring (bicyclic) bond motifs is 1. The molecule has 1 saturated carbocycles. The highest BCUT2D eigenvalue weighted by Gasteiger charge is 2.31. The van der Waals surface area contributed by atoms with Gasteiger partial charge in [0.2, 0.25) is 11.8 Å². The molecule has 0 bridgehead atoms. The van der Waals surface area contributed by atoms with Gasteiger partial charge in [0, 0.05) is 24.4 Å². The van der Waals surface area contributed by atoms with Gasteiger partial charge in [0.05, 0.1) is 37.4 Å². The maximum atomic E-state index is 12.4. The smallest absolute Gasteiger partial charge is 0.226 e. The van der Waals surface area contributed by atoms with Gasteiger partial charge >= 0.3 is 0 Å². The molecule has 2 amide bonds. The lowest BCUT2D eigenvalue weighted by Gasteiger charge is -2.34. The van der Waals surface area contributed by atoms with Crippen LogP contribution in [0.1, 0.15) is 36.3 Å². The molecule has 2 aromatic heterocycles. The van der Waals surface area contributed by atoms with Crippen molar-refractivity contribution in [3.63, 3.8) is 0 Å². The van der Waals surface area contributed by atoms with Crippen molar-refractivity contribution >= 4 is 11.8 Å². The van der Waals surface area contributed by atoms with Crippen molar-refractivity contribution < 1.29 is 9.59 Å². The Balaban J connectivity index is 1.31. The third-order valence-electron chi connectivity index (χ3n) is 5.15. The number of pyridine rings is 1. The fraction of sp³-hybridized carbons (Fsp3) is 0.474. The number of nitrogens with one attached hydrogen (secondary N) is 1. The zero-order chi connectivity index (χ0) is 17.9. The van der Waals surface area contributed by atoms with Gasteiger partial charge in [-0.05, 0) is 31.0 Å². The summed E-state index contributed by atoms with van der Waals surface area (Å²) < 4.78 is 1.95. The molecule has 1 fully saturated rings. The Kier molecular flexibility index (Phi) is 4.69. The topological polar surface area (TPSA) is 80.1 Å². The molecule has 7 nitrogen and oxygen atoms in total. The van der Waals surface area contributed by atoms with Crippen molar-refractivity contribution in [3.8, 4) is 0 Å². The Labute approximate surface area is 152 Å². The summed E-state index contributed by atoms with van der Waals surface area (Å²) in [6.45, 7) is 2.44. The molecule has 0 spiro atoms. The van der Waals surface area contributed by atoms with Crippen molar-refractivity contribution in [2.45, 2.75) is 45.3 Å². The van der Waals surface area contributed by atoms with Crippen LogP contribution >= 0.6 is 0 Å². The summed E-state index contributed by atoms with van der Waals surface area (Å²) in [6, 6.07) is 7.52. The van der Waals surface area contributed by atoms with Gasteiger partial charge in [-0.2, -0.15) is 5.10 Å². The average molecular weight is 353 g/mol. The second-order valence-corrected chi connectivity index (χ2v) is 7.01. The first-order chi connectivity index (χ1) is 12.7. The summed E-state index contributed by atoms with van der Waals surface area (Å²) in [5, 5.41) is 7.44. The summed E-state index contributed by atoms with van der Waals surface area (Å²) in [6.07, 6.45) is 5.18. The van der Waals surface area contributed by atoms with Gasteiger partial charge in [-0.1, -0.05) is 12.5 Å². The van der Waals surface area contributed by atoms with E-state index in [2.05, 4.69) is 15.4 Å². The first-order valence-corrected chi connectivity index (χ1v) is 9.20. The minimum Gasteiger partial charge on any atom is -0.350 e. The molecule has 2 aliphatic rings. The zero-order valence-electron chi connectivity index (χ0n) is 14.7. The molecule has 26 heavy (non-hydrogen) atoms. The van der Waals surface area contributed by atoms with Crippen LogP contribution in [0.25, 0.3) is 0 Å². The van der Waals surface area contributed by atoms with E-state index in [4.69, 9.17) is 0 Å². The average Bonchev–Trinajstić information content (AvgIpc) is 3.01. The molecule has 136 valence electrons. The molecule has 2 aromatic rings. The van der Waals surface area contributed by atoms with E-state index in [1.807, 2.05) is 33.8 Å². The number of carbonyl (C=O) groups is 2. The normalized spacial score (nSPS) is 16.7. The first kappa shape index (κ1) is 16.8. The van der Waals surface area contributed by atoms with Crippen molar-refractivity contribution in [3.05, 3.63) is 47.5 Å². The number of nitrogens with zero attached hydrogens (tertiary/aromatic N) is 4. The van der Waals surface area contributed by atoms with Crippen molar-refractivity contribution in [1.29, 1.82) is 0 Å². The molecule has 0 atom stereocenters. The maximum Gasteiger partial charge on any atom is 0.226 e. The molecule has 0 radical (unpaired) electrons. The van der Waals surface area contributed by atoms with Crippen LogP contribution in [0.4, 0.5) is 0 Å². The van der Waals surface area contributed by atoms with Crippen LogP contribution in [-0.4, -0.2) is 38.0 Å². The summed E-state index contributed by atoms with van der Waals surface area (Å²) >= 11 is 0. The Hall–Kier alpha value is -2.70. The van der Waals surface area contributed by atoms with Gasteiger partial charge < -0.3 is 10.2 Å². The van der Waals surface area contributed by atoms with Gasteiger partial charge in [0.1, 0.15) is 0 Å². The first-order valence-electron chi connectivity index (χ1n) is 9.20. The minimum absolute atomic E-state index is 0.0727. The van der Waals surface area contributed by atoms with Gasteiger partial charge in [-0.3, -0.25) is 19.3 Å². The van der Waals surface area contributed by atoms with Crippen molar-refractivity contribution in [2.24, 2.45) is 5.92 Å². The molecule has 1 N–H and O–H groups in total. The summed E-state index contributed by atoms with van der Waals surface area (Å²) in [7, 11) is 0. The van der Waals surface area contributed by atoms with Gasteiger partial charge in [-0.15, -0.1) is 0 Å². The van der Waals surface area contributed by atoms with E-state index in [-0.39, 0.29) is 24.2 Å². The predicted octanol–water partition coefficient (Wildman–Crippen LogP) is 1.28. The monoisotopic (exact) mass is 353 g/mol. The number of carbonyl (C=O) groups excluding carboxylic acids is 2. The fourth-order valence-corrected chi connectivity index (χ4v) is 3.43. The van der Waals surface area contributed by atoms with E-state index >= 15 is 0 Å². The second-order valence-electron chi connectivity index (χ2n) is 7.01.